The van der Waals surface area contributed by atoms with Crippen molar-refractivity contribution in [1.82, 2.24) is 0 Å². The summed E-state index contributed by atoms with van der Waals surface area (Å²) in [6.45, 7) is 1.11. The molecule has 4 rings (SSSR count). The number of ether oxygens (including phenoxy) is 1. The van der Waals surface area contributed by atoms with Crippen LogP contribution < -0.4 is 10.2 Å². The number of anilines is 2. The second-order valence-corrected chi connectivity index (χ2v) is 7.13. The van der Waals surface area contributed by atoms with E-state index in [-0.39, 0.29) is 28.1 Å². The number of fused-ring (bicyclic) bond motifs is 1. The van der Waals surface area contributed by atoms with Gasteiger partial charge in [-0.05, 0) is 55.0 Å². The van der Waals surface area contributed by atoms with E-state index in [2.05, 4.69) is 5.32 Å². The van der Waals surface area contributed by atoms with Crippen LogP contribution in [0.25, 0.3) is 0 Å². The molecule has 1 aliphatic rings. The number of nitrogens with zero attached hydrogens (tertiary/aromatic N) is 1. The Morgan fingerprint density at radius 3 is 2.31 bits per heavy atom. The molecule has 8 heteroatoms. The van der Waals surface area contributed by atoms with Crippen molar-refractivity contribution in [2.45, 2.75) is 6.92 Å². The number of carbonyl (C=O) groups excluding carboxylic acids is 4. The Morgan fingerprint density at radius 1 is 0.938 bits per heavy atom. The number of amides is 3. The third kappa shape index (κ3) is 3.98. The first-order valence-electron chi connectivity index (χ1n) is 9.66. The molecule has 3 aromatic carbocycles. The van der Waals surface area contributed by atoms with E-state index in [0.29, 0.717) is 5.56 Å². The van der Waals surface area contributed by atoms with Gasteiger partial charge in [0.15, 0.2) is 6.61 Å². The zero-order valence-corrected chi connectivity index (χ0v) is 16.9. The van der Waals surface area contributed by atoms with Crippen molar-refractivity contribution < 1.29 is 28.3 Å². The quantitative estimate of drug-likeness (QED) is 0.490. The molecule has 0 fully saturated rings. The maximum Gasteiger partial charge on any atom is 0.338 e. The smallest absolute Gasteiger partial charge is 0.338 e. The minimum absolute atomic E-state index is 0.0637. The number of esters is 1. The average molecular weight is 432 g/mol. The number of hydrogen-bond donors (Lipinski definition) is 1. The first-order chi connectivity index (χ1) is 15.3. The van der Waals surface area contributed by atoms with E-state index in [4.69, 9.17) is 4.74 Å². The van der Waals surface area contributed by atoms with Crippen LogP contribution in [0.2, 0.25) is 0 Å². The van der Waals surface area contributed by atoms with Crippen LogP contribution in [0.3, 0.4) is 0 Å². The van der Waals surface area contributed by atoms with Crippen molar-refractivity contribution in [2.75, 3.05) is 16.8 Å². The predicted octanol–water partition coefficient (Wildman–Crippen LogP) is 3.73. The van der Waals surface area contributed by atoms with Gasteiger partial charge in [-0.3, -0.25) is 14.4 Å². The number of carbonyl (C=O) groups is 4. The van der Waals surface area contributed by atoms with Crippen molar-refractivity contribution >= 4 is 35.1 Å². The van der Waals surface area contributed by atoms with Gasteiger partial charge in [-0.2, -0.15) is 0 Å². The Kier molecular flexibility index (Phi) is 5.51. The standard InChI is InChI=1S/C24H17FN2O5/c1-14-9-10-16(25)12-20(14)26-21(28)13-32-24(31)15-5-4-6-17(11-15)27-22(29)18-7-2-3-8-19(18)23(27)30/h2-12H,13H2,1H3,(H,26,28). The Morgan fingerprint density at radius 2 is 1.62 bits per heavy atom. The predicted molar refractivity (Wildman–Crippen MR) is 114 cm³/mol. The monoisotopic (exact) mass is 432 g/mol. The van der Waals surface area contributed by atoms with Crippen LogP contribution in [-0.4, -0.2) is 30.3 Å². The Balaban J connectivity index is 1.44. The summed E-state index contributed by atoms with van der Waals surface area (Å²) in [6, 6.07) is 16.2. The summed E-state index contributed by atoms with van der Waals surface area (Å²) in [5.74, 6) is -2.92. The number of hydrogen-bond acceptors (Lipinski definition) is 5. The van der Waals surface area contributed by atoms with Crippen LogP contribution >= 0.6 is 0 Å². The van der Waals surface area contributed by atoms with Gasteiger partial charge < -0.3 is 10.1 Å². The number of rotatable bonds is 5. The molecule has 3 amide bonds. The fraction of sp³-hybridized carbons (Fsp3) is 0.0833. The number of imide groups is 1. The summed E-state index contributed by atoms with van der Waals surface area (Å²) in [5.41, 5.74) is 1.78. The van der Waals surface area contributed by atoms with Crippen molar-refractivity contribution in [2.24, 2.45) is 0 Å². The number of benzene rings is 3. The van der Waals surface area contributed by atoms with Crippen LogP contribution in [0.15, 0.2) is 66.7 Å². The second kappa shape index (κ2) is 8.43. The minimum atomic E-state index is -0.811. The third-order valence-electron chi connectivity index (χ3n) is 4.94. The van der Waals surface area contributed by atoms with E-state index in [1.165, 1.54) is 42.5 Å². The molecule has 0 saturated heterocycles. The molecule has 1 aliphatic heterocycles. The van der Waals surface area contributed by atoms with Crippen LogP contribution in [0.1, 0.15) is 36.6 Å². The summed E-state index contributed by atoms with van der Waals surface area (Å²) in [5, 5.41) is 2.48. The van der Waals surface area contributed by atoms with Crippen molar-refractivity contribution in [3.8, 4) is 0 Å². The van der Waals surface area contributed by atoms with E-state index >= 15 is 0 Å². The molecule has 1 N–H and O–H groups in total. The normalized spacial score (nSPS) is 12.5. The Labute approximate surface area is 182 Å². The summed E-state index contributed by atoms with van der Waals surface area (Å²) < 4.78 is 18.4. The lowest BCUT2D eigenvalue weighted by atomic mass is 10.1. The molecular formula is C24H17FN2O5. The summed E-state index contributed by atoms with van der Waals surface area (Å²) in [7, 11) is 0. The molecule has 0 aromatic heterocycles. The van der Waals surface area contributed by atoms with Gasteiger partial charge in [0.2, 0.25) is 0 Å². The van der Waals surface area contributed by atoms with E-state index in [0.717, 1.165) is 4.90 Å². The molecule has 3 aromatic rings. The number of halogens is 1. The molecule has 7 nitrogen and oxygen atoms in total. The second-order valence-electron chi connectivity index (χ2n) is 7.13. The van der Waals surface area contributed by atoms with E-state index in [9.17, 15) is 23.6 Å². The van der Waals surface area contributed by atoms with E-state index in [1.807, 2.05) is 0 Å². The maximum atomic E-state index is 13.4. The average Bonchev–Trinajstić information content (AvgIpc) is 3.05. The van der Waals surface area contributed by atoms with Gasteiger partial charge in [0.1, 0.15) is 5.82 Å². The topological polar surface area (TPSA) is 92.8 Å². The number of aryl methyl sites for hydroxylation is 1. The van der Waals surface area contributed by atoms with Crippen LogP contribution in [-0.2, 0) is 9.53 Å². The van der Waals surface area contributed by atoms with Crippen molar-refractivity contribution in [1.29, 1.82) is 0 Å². The highest BCUT2D eigenvalue weighted by molar-refractivity contribution is 6.34. The highest BCUT2D eigenvalue weighted by Gasteiger charge is 2.36. The van der Waals surface area contributed by atoms with Gasteiger partial charge >= 0.3 is 5.97 Å². The lowest BCUT2D eigenvalue weighted by Gasteiger charge is -2.15. The molecule has 0 spiro atoms. The number of nitrogens with one attached hydrogen (secondary N) is 1. The van der Waals surface area contributed by atoms with E-state index < -0.39 is 36.1 Å². The SMILES string of the molecule is Cc1ccc(F)cc1NC(=O)COC(=O)c1cccc(N2C(=O)c3ccccc3C2=O)c1. The van der Waals surface area contributed by atoms with Crippen LogP contribution in [0, 0.1) is 12.7 Å². The van der Waals surface area contributed by atoms with Gasteiger partial charge in [0, 0.05) is 5.69 Å². The zero-order valence-electron chi connectivity index (χ0n) is 16.9. The largest absolute Gasteiger partial charge is 0.452 e. The van der Waals surface area contributed by atoms with Crippen molar-refractivity contribution in [3.05, 3.63) is 94.8 Å². The Bertz CT molecular complexity index is 1240. The fourth-order valence-electron chi connectivity index (χ4n) is 3.33. The summed E-state index contributed by atoms with van der Waals surface area (Å²) in [6.07, 6.45) is 0. The highest BCUT2D eigenvalue weighted by Crippen LogP contribution is 2.28. The molecular weight excluding hydrogens is 415 g/mol. The first-order valence-corrected chi connectivity index (χ1v) is 9.66. The highest BCUT2D eigenvalue weighted by atomic mass is 19.1. The van der Waals surface area contributed by atoms with Gasteiger partial charge in [-0.25, -0.2) is 14.1 Å². The lowest BCUT2D eigenvalue weighted by molar-refractivity contribution is -0.119. The van der Waals surface area contributed by atoms with Crippen LogP contribution in [0.5, 0.6) is 0 Å². The molecule has 0 saturated carbocycles. The third-order valence-corrected chi connectivity index (χ3v) is 4.94. The Hall–Kier alpha value is -4.33. The molecule has 0 aliphatic carbocycles. The molecule has 1 heterocycles. The molecule has 0 atom stereocenters. The molecule has 160 valence electrons. The molecule has 0 unspecified atom stereocenters. The van der Waals surface area contributed by atoms with Gasteiger partial charge in [-0.1, -0.05) is 24.3 Å². The summed E-state index contributed by atoms with van der Waals surface area (Å²) in [4.78, 5) is 50.8. The molecule has 0 bridgehead atoms. The summed E-state index contributed by atoms with van der Waals surface area (Å²) >= 11 is 0. The lowest BCUT2D eigenvalue weighted by Crippen LogP contribution is -2.29. The van der Waals surface area contributed by atoms with Crippen molar-refractivity contribution in [3.63, 3.8) is 0 Å². The van der Waals surface area contributed by atoms with Gasteiger partial charge in [0.05, 0.1) is 22.4 Å². The zero-order chi connectivity index (χ0) is 22.8. The van der Waals surface area contributed by atoms with Crippen LogP contribution in [0.4, 0.5) is 15.8 Å². The maximum absolute atomic E-state index is 13.4. The molecule has 0 radical (unpaired) electrons. The van der Waals surface area contributed by atoms with Gasteiger partial charge in [-0.15, -0.1) is 0 Å². The fourth-order valence-corrected chi connectivity index (χ4v) is 3.33. The first kappa shape index (κ1) is 20.9. The van der Waals surface area contributed by atoms with Gasteiger partial charge in [0.25, 0.3) is 17.7 Å². The molecule has 32 heavy (non-hydrogen) atoms. The van der Waals surface area contributed by atoms with E-state index in [1.54, 1.807) is 31.2 Å². The minimum Gasteiger partial charge on any atom is -0.452 e.